The summed E-state index contributed by atoms with van der Waals surface area (Å²) in [6.07, 6.45) is 2.80. The second kappa shape index (κ2) is 10.8. The SMILES string of the molecule is O=C(NCCCN1CCN(c2ccc(F)cc2)CC1)C1CCCN(c2nc3ccc(Cl)cc3[nH]2)C1. The molecule has 7 nitrogen and oxygen atoms in total. The minimum Gasteiger partial charge on any atom is -0.369 e. The zero-order valence-electron chi connectivity index (χ0n) is 19.9. The van der Waals surface area contributed by atoms with Gasteiger partial charge in [0.2, 0.25) is 11.9 Å². The molecule has 35 heavy (non-hydrogen) atoms. The Morgan fingerprint density at radius 1 is 1.09 bits per heavy atom. The number of piperazine rings is 1. The van der Waals surface area contributed by atoms with Gasteiger partial charge in [-0.15, -0.1) is 0 Å². The van der Waals surface area contributed by atoms with Gasteiger partial charge in [-0.25, -0.2) is 9.37 Å². The summed E-state index contributed by atoms with van der Waals surface area (Å²) in [5, 5.41) is 3.83. The van der Waals surface area contributed by atoms with Crippen LogP contribution in [0.25, 0.3) is 11.0 Å². The van der Waals surface area contributed by atoms with E-state index in [2.05, 4.69) is 30.0 Å². The van der Waals surface area contributed by atoms with Crippen molar-refractivity contribution in [3.63, 3.8) is 0 Å². The molecule has 1 amide bonds. The monoisotopic (exact) mass is 498 g/mol. The highest BCUT2D eigenvalue weighted by atomic mass is 35.5. The molecule has 2 aliphatic rings. The molecule has 2 N–H and O–H groups in total. The lowest BCUT2D eigenvalue weighted by Gasteiger charge is -2.36. The molecule has 5 rings (SSSR count). The number of nitrogens with zero attached hydrogens (tertiary/aromatic N) is 4. The van der Waals surface area contributed by atoms with E-state index in [9.17, 15) is 9.18 Å². The summed E-state index contributed by atoms with van der Waals surface area (Å²) in [4.78, 5) is 27.8. The summed E-state index contributed by atoms with van der Waals surface area (Å²) in [5.74, 6) is 0.713. The van der Waals surface area contributed by atoms with Gasteiger partial charge in [0, 0.05) is 56.5 Å². The fraction of sp³-hybridized carbons (Fsp3) is 0.462. The maximum atomic E-state index is 13.1. The molecule has 0 spiro atoms. The molecule has 2 aliphatic heterocycles. The molecule has 2 saturated heterocycles. The third-order valence-corrected chi connectivity index (χ3v) is 7.27. The van der Waals surface area contributed by atoms with E-state index in [0.717, 1.165) is 81.2 Å². The third kappa shape index (κ3) is 5.87. The fourth-order valence-corrected chi connectivity index (χ4v) is 5.21. The maximum Gasteiger partial charge on any atom is 0.224 e. The molecule has 0 bridgehead atoms. The Bertz CT molecular complexity index is 1140. The third-order valence-electron chi connectivity index (χ3n) is 7.04. The summed E-state index contributed by atoms with van der Waals surface area (Å²) in [6.45, 7) is 7.05. The van der Waals surface area contributed by atoms with E-state index in [0.29, 0.717) is 18.1 Å². The Kier molecular flexibility index (Phi) is 7.39. The molecule has 9 heteroatoms. The lowest BCUT2D eigenvalue weighted by atomic mass is 9.97. The van der Waals surface area contributed by atoms with Gasteiger partial charge < -0.3 is 20.1 Å². The average molecular weight is 499 g/mol. The van der Waals surface area contributed by atoms with Crippen LogP contribution in [-0.4, -0.2) is 73.1 Å². The van der Waals surface area contributed by atoms with Crippen molar-refractivity contribution in [3.8, 4) is 0 Å². The van der Waals surface area contributed by atoms with Gasteiger partial charge in [-0.3, -0.25) is 9.69 Å². The van der Waals surface area contributed by atoms with Crippen molar-refractivity contribution in [2.24, 2.45) is 5.92 Å². The highest BCUT2D eigenvalue weighted by Crippen LogP contribution is 2.25. The number of halogens is 2. The Morgan fingerprint density at radius 2 is 1.89 bits per heavy atom. The zero-order valence-corrected chi connectivity index (χ0v) is 20.6. The number of benzene rings is 2. The van der Waals surface area contributed by atoms with E-state index < -0.39 is 0 Å². The fourth-order valence-electron chi connectivity index (χ4n) is 5.04. The first-order valence-corrected chi connectivity index (χ1v) is 12.8. The molecule has 0 radical (unpaired) electrons. The Hall–Kier alpha value is -2.84. The second-order valence-electron chi connectivity index (χ2n) is 9.46. The Morgan fingerprint density at radius 3 is 2.69 bits per heavy atom. The lowest BCUT2D eigenvalue weighted by molar-refractivity contribution is -0.125. The molecule has 2 aromatic carbocycles. The van der Waals surface area contributed by atoms with Gasteiger partial charge in [-0.1, -0.05) is 11.6 Å². The van der Waals surface area contributed by atoms with Crippen LogP contribution in [0, 0.1) is 11.7 Å². The first-order valence-electron chi connectivity index (χ1n) is 12.5. The number of carbonyl (C=O) groups excluding carboxylic acids is 1. The highest BCUT2D eigenvalue weighted by Gasteiger charge is 2.27. The molecule has 2 fully saturated rings. The first-order chi connectivity index (χ1) is 17.0. The number of amides is 1. The first kappa shape index (κ1) is 23.9. The number of aromatic nitrogens is 2. The van der Waals surface area contributed by atoms with E-state index in [1.165, 1.54) is 12.1 Å². The summed E-state index contributed by atoms with van der Waals surface area (Å²) in [5.41, 5.74) is 2.87. The Labute approximate surface area is 210 Å². The van der Waals surface area contributed by atoms with Crippen LogP contribution in [0.4, 0.5) is 16.0 Å². The minimum absolute atomic E-state index is 0.0280. The smallest absolute Gasteiger partial charge is 0.224 e. The molecule has 186 valence electrons. The average Bonchev–Trinajstić information content (AvgIpc) is 3.31. The van der Waals surface area contributed by atoms with Gasteiger partial charge in [0.1, 0.15) is 5.82 Å². The van der Waals surface area contributed by atoms with Crippen LogP contribution in [0.15, 0.2) is 42.5 Å². The zero-order chi connectivity index (χ0) is 24.2. The second-order valence-corrected chi connectivity index (χ2v) is 9.89. The van der Waals surface area contributed by atoms with E-state index >= 15 is 0 Å². The van der Waals surface area contributed by atoms with Gasteiger partial charge in [-0.2, -0.15) is 0 Å². The van der Waals surface area contributed by atoms with Crippen LogP contribution in [0.1, 0.15) is 19.3 Å². The van der Waals surface area contributed by atoms with Crippen molar-refractivity contribution in [2.75, 3.05) is 62.2 Å². The number of fused-ring (bicyclic) bond motifs is 1. The van der Waals surface area contributed by atoms with Crippen molar-refractivity contribution in [1.29, 1.82) is 0 Å². The van der Waals surface area contributed by atoms with Crippen molar-refractivity contribution >= 4 is 40.2 Å². The van der Waals surface area contributed by atoms with Gasteiger partial charge in [-0.05, 0) is 68.3 Å². The predicted octanol–water partition coefficient (Wildman–Crippen LogP) is 3.90. The topological polar surface area (TPSA) is 67.5 Å². The number of imidazole rings is 1. The Balaban J connectivity index is 1.03. The van der Waals surface area contributed by atoms with Crippen LogP contribution < -0.4 is 15.1 Å². The van der Waals surface area contributed by atoms with Gasteiger partial charge >= 0.3 is 0 Å². The van der Waals surface area contributed by atoms with Crippen molar-refractivity contribution in [1.82, 2.24) is 20.2 Å². The van der Waals surface area contributed by atoms with Gasteiger partial charge in [0.05, 0.1) is 17.0 Å². The van der Waals surface area contributed by atoms with E-state index in [4.69, 9.17) is 11.6 Å². The number of hydrogen-bond acceptors (Lipinski definition) is 5. The van der Waals surface area contributed by atoms with E-state index in [-0.39, 0.29) is 17.6 Å². The number of nitrogens with one attached hydrogen (secondary N) is 2. The number of hydrogen-bond donors (Lipinski definition) is 2. The van der Waals surface area contributed by atoms with E-state index in [1.54, 1.807) is 0 Å². The van der Waals surface area contributed by atoms with Crippen LogP contribution in [0.2, 0.25) is 5.02 Å². The number of piperidine rings is 1. The molecule has 1 atom stereocenters. The molecule has 3 aromatic rings. The van der Waals surface area contributed by atoms with Crippen molar-refractivity contribution in [3.05, 3.63) is 53.3 Å². The quantitative estimate of drug-likeness (QED) is 0.484. The molecule has 1 aromatic heterocycles. The van der Waals surface area contributed by atoms with Crippen molar-refractivity contribution in [2.45, 2.75) is 19.3 Å². The number of aromatic amines is 1. The molecule has 1 unspecified atom stereocenters. The minimum atomic E-state index is -0.199. The van der Waals surface area contributed by atoms with Crippen molar-refractivity contribution < 1.29 is 9.18 Å². The van der Waals surface area contributed by atoms with Crippen LogP contribution >= 0.6 is 11.6 Å². The van der Waals surface area contributed by atoms with Crippen LogP contribution in [0.5, 0.6) is 0 Å². The molecule has 0 aliphatic carbocycles. The molecular formula is C26H32ClFN6O. The number of H-pyrrole nitrogens is 1. The van der Waals surface area contributed by atoms with Gasteiger partial charge in [0.15, 0.2) is 0 Å². The van der Waals surface area contributed by atoms with Crippen LogP contribution in [0.3, 0.4) is 0 Å². The largest absolute Gasteiger partial charge is 0.369 e. The van der Waals surface area contributed by atoms with Gasteiger partial charge in [0.25, 0.3) is 0 Å². The summed E-state index contributed by atoms with van der Waals surface area (Å²) in [6, 6.07) is 12.4. The standard InChI is InChI=1S/C26H32ClFN6O/c27-20-4-9-23-24(17-20)31-26(30-23)34-12-1-3-19(18-34)25(35)29-10-2-11-32-13-15-33(16-14-32)22-7-5-21(28)6-8-22/h4-9,17,19H,1-3,10-16,18H2,(H,29,35)(H,30,31). The maximum absolute atomic E-state index is 13.1. The number of carbonyl (C=O) groups is 1. The number of rotatable bonds is 7. The summed E-state index contributed by atoms with van der Waals surface area (Å²) >= 11 is 6.09. The lowest BCUT2D eigenvalue weighted by Crippen LogP contribution is -2.47. The predicted molar refractivity (Wildman–Crippen MR) is 139 cm³/mol. The molecule has 0 saturated carbocycles. The summed E-state index contributed by atoms with van der Waals surface area (Å²) in [7, 11) is 0. The summed E-state index contributed by atoms with van der Waals surface area (Å²) < 4.78 is 13.1. The van der Waals surface area contributed by atoms with E-state index in [1.807, 2.05) is 30.3 Å². The molecular weight excluding hydrogens is 467 g/mol. The highest BCUT2D eigenvalue weighted by molar-refractivity contribution is 6.31. The van der Waals surface area contributed by atoms with Crippen LogP contribution in [-0.2, 0) is 4.79 Å². The number of anilines is 2. The molecule has 3 heterocycles. The normalized spacial score (nSPS) is 19.3.